The Kier molecular flexibility index (Phi) is 38.4. The summed E-state index contributed by atoms with van der Waals surface area (Å²) in [4.78, 5) is 13.0. The van der Waals surface area contributed by atoms with Crippen LogP contribution in [0.3, 0.4) is 0 Å². The molecule has 0 aromatic heterocycles. The van der Waals surface area contributed by atoms with Gasteiger partial charge in [0.05, 0.1) is 25.4 Å². The van der Waals surface area contributed by atoms with Crippen LogP contribution >= 0.6 is 0 Å². The number of unbranched alkanes of at least 4 members (excludes halogenated alkanes) is 28. The minimum atomic E-state index is -1.55. The lowest BCUT2D eigenvalue weighted by molar-refractivity contribution is -0.302. The second-order valence-electron chi connectivity index (χ2n) is 17.6. The molecule has 1 heterocycles. The monoisotopic (exact) mass is 838 g/mol. The third-order valence-electron chi connectivity index (χ3n) is 12.1. The van der Waals surface area contributed by atoms with Gasteiger partial charge in [-0.3, -0.25) is 4.79 Å². The molecule has 7 unspecified atom stereocenters. The zero-order valence-electron chi connectivity index (χ0n) is 38.3. The number of hydrogen-bond donors (Lipinski definition) is 6. The second kappa shape index (κ2) is 40.7. The van der Waals surface area contributed by atoms with Crippen LogP contribution in [-0.2, 0) is 14.3 Å². The van der Waals surface area contributed by atoms with Crippen molar-refractivity contribution in [1.29, 1.82) is 0 Å². The fourth-order valence-corrected chi connectivity index (χ4v) is 8.02. The summed E-state index contributed by atoms with van der Waals surface area (Å²) in [5.41, 5.74) is 0. The van der Waals surface area contributed by atoms with Gasteiger partial charge in [-0.05, 0) is 44.9 Å². The van der Waals surface area contributed by atoms with E-state index in [9.17, 15) is 30.3 Å². The molecule has 0 bridgehead atoms. The third-order valence-corrected chi connectivity index (χ3v) is 12.1. The first-order chi connectivity index (χ1) is 28.8. The zero-order valence-corrected chi connectivity index (χ0v) is 38.3. The van der Waals surface area contributed by atoms with Crippen LogP contribution in [0.1, 0.15) is 232 Å². The van der Waals surface area contributed by atoms with E-state index in [1.807, 2.05) is 0 Å². The molecule has 9 nitrogen and oxygen atoms in total. The molecule has 0 radical (unpaired) electrons. The number of carbonyl (C=O) groups excluding carboxylic acids is 1. The Morgan fingerprint density at radius 2 is 1.00 bits per heavy atom. The van der Waals surface area contributed by atoms with Gasteiger partial charge >= 0.3 is 0 Å². The molecule has 6 N–H and O–H groups in total. The number of hydrogen-bond acceptors (Lipinski definition) is 8. The van der Waals surface area contributed by atoms with Gasteiger partial charge in [-0.25, -0.2) is 0 Å². The maximum atomic E-state index is 13.0. The van der Waals surface area contributed by atoms with Gasteiger partial charge in [0.15, 0.2) is 6.29 Å². The number of amides is 1. The third kappa shape index (κ3) is 31.2. The molecule has 0 aromatic rings. The van der Waals surface area contributed by atoms with Crippen molar-refractivity contribution in [2.45, 2.75) is 275 Å². The number of nitrogens with one attached hydrogen (secondary N) is 1. The number of aliphatic hydroxyl groups excluding tert-OH is 5. The Labute approximate surface area is 362 Å². The maximum Gasteiger partial charge on any atom is 0.220 e. The highest BCUT2D eigenvalue weighted by atomic mass is 16.7. The second-order valence-corrected chi connectivity index (χ2v) is 17.6. The van der Waals surface area contributed by atoms with Gasteiger partial charge in [0.1, 0.15) is 24.4 Å². The van der Waals surface area contributed by atoms with Crippen LogP contribution in [0.4, 0.5) is 0 Å². The van der Waals surface area contributed by atoms with Gasteiger partial charge in [0.2, 0.25) is 5.91 Å². The summed E-state index contributed by atoms with van der Waals surface area (Å²) in [7, 11) is 0. The van der Waals surface area contributed by atoms with Crippen LogP contribution in [0.2, 0.25) is 0 Å². The lowest BCUT2D eigenvalue weighted by atomic mass is 9.99. The quantitative estimate of drug-likeness (QED) is 0.0263. The fourth-order valence-electron chi connectivity index (χ4n) is 8.02. The summed E-state index contributed by atoms with van der Waals surface area (Å²) in [5.74, 6) is -0.145. The molecule has 1 saturated heterocycles. The van der Waals surface area contributed by atoms with E-state index < -0.39 is 49.5 Å². The molecule has 1 amide bonds. The Morgan fingerprint density at radius 1 is 0.576 bits per heavy atom. The highest BCUT2D eigenvalue weighted by molar-refractivity contribution is 5.76. The number of ether oxygens (including phenoxy) is 2. The van der Waals surface area contributed by atoms with Gasteiger partial charge in [-0.2, -0.15) is 0 Å². The topological polar surface area (TPSA) is 149 Å². The lowest BCUT2D eigenvalue weighted by Crippen LogP contribution is -2.60. The fraction of sp³-hybridized carbons (Fsp3) is 0.900. The van der Waals surface area contributed by atoms with Crippen LogP contribution in [-0.4, -0.2) is 87.5 Å². The smallest absolute Gasteiger partial charge is 0.220 e. The molecule has 7 atom stereocenters. The summed E-state index contributed by atoms with van der Waals surface area (Å²) in [6.45, 7) is 3.80. The van der Waals surface area contributed by atoms with Crippen molar-refractivity contribution in [3.63, 3.8) is 0 Å². The normalized spacial score (nSPS) is 20.8. The van der Waals surface area contributed by atoms with Gasteiger partial charge < -0.3 is 40.3 Å². The maximum absolute atomic E-state index is 13.0. The molecule has 0 spiro atoms. The lowest BCUT2D eigenvalue weighted by Gasteiger charge is -2.40. The molecule has 0 aromatic carbocycles. The van der Waals surface area contributed by atoms with Gasteiger partial charge in [-0.1, -0.05) is 205 Å². The van der Waals surface area contributed by atoms with Crippen molar-refractivity contribution in [3.05, 3.63) is 24.3 Å². The van der Waals surface area contributed by atoms with Gasteiger partial charge in [0, 0.05) is 6.42 Å². The van der Waals surface area contributed by atoms with Crippen LogP contribution in [0.15, 0.2) is 24.3 Å². The first-order valence-electron chi connectivity index (χ1n) is 25.0. The SMILES string of the molecule is CCCCCCC/C=C\C/C=C\CCCCCCCCCCCCCCCCCC(=O)NC(COC1OC(CO)C(O)C(O)C1O)C(O)CCCCCCCCCCC. The predicted molar refractivity (Wildman–Crippen MR) is 244 cm³/mol. The van der Waals surface area contributed by atoms with Crippen molar-refractivity contribution in [2.75, 3.05) is 13.2 Å². The van der Waals surface area contributed by atoms with Gasteiger partial charge in [-0.15, -0.1) is 0 Å². The minimum Gasteiger partial charge on any atom is -0.394 e. The molecule has 9 heteroatoms. The standard InChI is InChI=1S/C50H95NO8/c1-3-5-7-9-11-13-14-15-16-17-18-19-20-21-22-23-24-25-26-27-28-29-30-32-34-36-38-40-46(54)51-43(44(53)39-37-35-33-31-12-10-8-6-4-2)42-58-50-49(57)48(56)47(55)45(41-52)59-50/h14-15,17-18,43-45,47-50,52-53,55-57H,3-13,16,19-42H2,1-2H3,(H,51,54)/b15-14-,18-17-. The van der Waals surface area contributed by atoms with Crippen LogP contribution in [0, 0.1) is 0 Å². The Hall–Kier alpha value is -1.33. The van der Waals surface area contributed by atoms with Crippen LogP contribution < -0.4 is 5.32 Å². The average Bonchev–Trinajstić information content (AvgIpc) is 3.23. The number of aliphatic hydroxyl groups is 5. The van der Waals surface area contributed by atoms with E-state index >= 15 is 0 Å². The number of carbonyl (C=O) groups is 1. The molecule has 1 aliphatic rings. The molecular formula is C50H95NO8. The summed E-state index contributed by atoms with van der Waals surface area (Å²) < 4.78 is 11.2. The molecule has 348 valence electrons. The number of rotatable bonds is 42. The first kappa shape index (κ1) is 55.7. The van der Waals surface area contributed by atoms with Crippen molar-refractivity contribution in [2.24, 2.45) is 0 Å². The molecule has 0 aliphatic carbocycles. The summed E-state index contributed by atoms with van der Waals surface area (Å²) in [5, 5.41) is 54.2. The largest absolute Gasteiger partial charge is 0.394 e. The highest BCUT2D eigenvalue weighted by Gasteiger charge is 2.44. The zero-order chi connectivity index (χ0) is 43.0. The van der Waals surface area contributed by atoms with E-state index in [1.54, 1.807) is 0 Å². The molecule has 1 rings (SSSR count). The molecular weight excluding hydrogens is 743 g/mol. The Balaban J connectivity index is 2.15. The Bertz CT molecular complexity index is 977. The predicted octanol–water partition coefficient (Wildman–Crippen LogP) is 11.1. The van der Waals surface area contributed by atoms with E-state index in [2.05, 4.69) is 43.5 Å². The van der Waals surface area contributed by atoms with E-state index in [-0.39, 0.29) is 12.5 Å². The van der Waals surface area contributed by atoms with E-state index in [4.69, 9.17) is 9.47 Å². The molecule has 1 fully saturated rings. The van der Waals surface area contributed by atoms with Crippen LogP contribution in [0.25, 0.3) is 0 Å². The molecule has 0 saturated carbocycles. The number of allylic oxidation sites excluding steroid dienone is 4. The van der Waals surface area contributed by atoms with Crippen molar-refractivity contribution < 1.29 is 39.8 Å². The average molecular weight is 838 g/mol. The van der Waals surface area contributed by atoms with Crippen molar-refractivity contribution in [1.82, 2.24) is 5.32 Å². The summed E-state index contributed by atoms with van der Waals surface area (Å²) in [6, 6.07) is -0.714. The van der Waals surface area contributed by atoms with Gasteiger partial charge in [0.25, 0.3) is 0 Å². The van der Waals surface area contributed by atoms with E-state index in [0.29, 0.717) is 12.8 Å². The van der Waals surface area contributed by atoms with Crippen molar-refractivity contribution in [3.8, 4) is 0 Å². The summed E-state index contributed by atoms with van der Waals surface area (Å²) in [6.07, 6.45) is 42.1. The molecule has 1 aliphatic heterocycles. The first-order valence-corrected chi connectivity index (χ1v) is 25.0. The van der Waals surface area contributed by atoms with E-state index in [1.165, 1.54) is 161 Å². The molecule has 59 heavy (non-hydrogen) atoms. The van der Waals surface area contributed by atoms with E-state index in [0.717, 1.165) is 44.9 Å². The highest BCUT2D eigenvalue weighted by Crippen LogP contribution is 2.23. The van der Waals surface area contributed by atoms with Crippen molar-refractivity contribution >= 4 is 5.91 Å². The summed E-state index contributed by atoms with van der Waals surface area (Å²) >= 11 is 0. The Morgan fingerprint density at radius 3 is 1.46 bits per heavy atom. The van der Waals surface area contributed by atoms with Crippen LogP contribution in [0.5, 0.6) is 0 Å². The minimum absolute atomic E-state index is 0.136.